The van der Waals surface area contributed by atoms with Crippen LogP contribution < -0.4 is 16.0 Å². The fourth-order valence-corrected chi connectivity index (χ4v) is 3.65. The highest BCUT2D eigenvalue weighted by atomic mass is 16.5. The molecule has 1 fully saturated rings. The van der Waals surface area contributed by atoms with Crippen molar-refractivity contribution in [3.05, 3.63) is 52.4 Å². The molecule has 2 aromatic heterocycles. The first kappa shape index (κ1) is 20.2. The summed E-state index contributed by atoms with van der Waals surface area (Å²) in [5.74, 6) is 0.0840. The van der Waals surface area contributed by atoms with Gasteiger partial charge in [-0.15, -0.1) is 0 Å². The molecule has 1 aliphatic heterocycles. The number of hydrogen-bond donors (Lipinski definition) is 3. The van der Waals surface area contributed by atoms with Crippen LogP contribution in [0.4, 0.5) is 0 Å². The molecule has 1 aliphatic rings. The highest BCUT2D eigenvalue weighted by molar-refractivity contribution is 5.91. The van der Waals surface area contributed by atoms with Crippen LogP contribution in [-0.4, -0.2) is 72.1 Å². The van der Waals surface area contributed by atoms with E-state index in [0.29, 0.717) is 17.9 Å². The third-order valence-corrected chi connectivity index (χ3v) is 5.46. The lowest BCUT2D eigenvalue weighted by atomic mass is 10.1. The Morgan fingerprint density at radius 1 is 1.20 bits per heavy atom. The summed E-state index contributed by atoms with van der Waals surface area (Å²) in [6, 6.07) is 11.9. The summed E-state index contributed by atoms with van der Waals surface area (Å²) in [7, 11) is 2.16. The van der Waals surface area contributed by atoms with Gasteiger partial charge in [-0.1, -0.05) is 0 Å². The molecule has 3 aromatic rings. The molecule has 1 aromatic carbocycles. The van der Waals surface area contributed by atoms with E-state index in [1.165, 1.54) is 6.07 Å². The molecule has 1 saturated heterocycles. The van der Waals surface area contributed by atoms with E-state index in [-0.39, 0.29) is 5.69 Å². The van der Waals surface area contributed by atoms with Crippen LogP contribution in [0.5, 0.6) is 5.75 Å². The molecule has 157 valence electrons. The van der Waals surface area contributed by atoms with Gasteiger partial charge in [0, 0.05) is 49.7 Å². The smallest absolute Gasteiger partial charge is 0.265 e. The molecule has 4 N–H and O–H groups in total. The lowest BCUT2D eigenvalue weighted by molar-refractivity contribution is 0.0995. The number of pyridine rings is 1. The predicted molar refractivity (Wildman–Crippen MR) is 116 cm³/mol. The zero-order valence-electron chi connectivity index (χ0n) is 17.0. The van der Waals surface area contributed by atoms with Crippen molar-refractivity contribution in [2.45, 2.75) is 6.42 Å². The number of piperazine rings is 1. The molecule has 0 atom stereocenters. The molecule has 1 amide bonds. The third-order valence-electron chi connectivity index (χ3n) is 5.46. The van der Waals surface area contributed by atoms with Crippen molar-refractivity contribution in [2.75, 3.05) is 46.4 Å². The Morgan fingerprint density at radius 3 is 2.73 bits per heavy atom. The lowest BCUT2D eigenvalue weighted by Gasteiger charge is -2.32. The summed E-state index contributed by atoms with van der Waals surface area (Å²) < 4.78 is 5.93. The zero-order chi connectivity index (χ0) is 21.1. The third kappa shape index (κ3) is 4.55. The minimum Gasteiger partial charge on any atom is -0.494 e. The van der Waals surface area contributed by atoms with Crippen molar-refractivity contribution in [2.24, 2.45) is 5.73 Å². The number of carbonyl (C=O) groups excluding carboxylic acids is 1. The van der Waals surface area contributed by atoms with Gasteiger partial charge in [0.1, 0.15) is 11.4 Å². The van der Waals surface area contributed by atoms with E-state index >= 15 is 0 Å². The summed E-state index contributed by atoms with van der Waals surface area (Å²) in [5.41, 5.74) is 6.69. The van der Waals surface area contributed by atoms with Gasteiger partial charge in [-0.05, 0) is 43.8 Å². The van der Waals surface area contributed by atoms with Gasteiger partial charge < -0.3 is 30.2 Å². The van der Waals surface area contributed by atoms with Crippen LogP contribution in [0, 0.1) is 6.07 Å². The van der Waals surface area contributed by atoms with E-state index in [2.05, 4.69) is 32.9 Å². The number of benzene rings is 1. The number of likely N-dealkylation sites (N-methyl/N-ethyl adjacent to an activating group) is 1. The number of primary amides is 1. The molecule has 8 nitrogen and oxygen atoms in total. The van der Waals surface area contributed by atoms with Crippen LogP contribution in [0.2, 0.25) is 0 Å². The minimum absolute atomic E-state index is 0.0351. The molecule has 0 saturated carbocycles. The highest BCUT2D eigenvalue weighted by Crippen LogP contribution is 2.25. The van der Waals surface area contributed by atoms with E-state index in [9.17, 15) is 9.59 Å². The number of amides is 1. The van der Waals surface area contributed by atoms with Gasteiger partial charge in [-0.25, -0.2) is 0 Å². The normalized spacial score (nSPS) is 15.5. The summed E-state index contributed by atoms with van der Waals surface area (Å²) in [5, 5.41) is 0.944. The Labute approximate surface area is 174 Å². The van der Waals surface area contributed by atoms with Gasteiger partial charge in [0.25, 0.3) is 11.5 Å². The van der Waals surface area contributed by atoms with Crippen LogP contribution in [0.15, 0.2) is 35.1 Å². The number of carbonyl (C=O) groups is 1. The Hall–Kier alpha value is -3.10. The largest absolute Gasteiger partial charge is 0.494 e. The van der Waals surface area contributed by atoms with E-state index in [0.717, 1.165) is 55.8 Å². The van der Waals surface area contributed by atoms with Crippen molar-refractivity contribution in [1.29, 1.82) is 0 Å². The van der Waals surface area contributed by atoms with E-state index in [4.69, 9.17) is 10.5 Å². The summed E-state index contributed by atoms with van der Waals surface area (Å²) in [6.45, 7) is 6.19. The summed E-state index contributed by atoms with van der Waals surface area (Å²) in [4.78, 5) is 34.0. The molecule has 4 rings (SSSR count). The van der Waals surface area contributed by atoms with Crippen LogP contribution >= 0.6 is 0 Å². The molecule has 1 radical (unpaired) electrons. The van der Waals surface area contributed by atoms with Gasteiger partial charge in [-0.3, -0.25) is 9.59 Å². The number of rotatable bonds is 7. The summed E-state index contributed by atoms with van der Waals surface area (Å²) in [6.07, 6.45) is 0.984. The Balaban J connectivity index is 1.39. The lowest BCUT2D eigenvalue weighted by Crippen LogP contribution is -2.44. The van der Waals surface area contributed by atoms with Gasteiger partial charge in [0.15, 0.2) is 0 Å². The van der Waals surface area contributed by atoms with Crippen molar-refractivity contribution >= 4 is 16.8 Å². The number of nitrogens with zero attached hydrogens (tertiary/aromatic N) is 2. The molecule has 3 heterocycles. The fraction of sp³-hybridized carbons (Fsp3) is 0.364. The van der Waals surface area contributed by atoms with Gasteiger partial charge in [-0.2, -0.15) is 0 Å². The topological polar surface area (TPSA) is 107 Å². The Kier molecular flexibility index (Phi) is 5.87. The Bertz CT molecular complexity index is 1100. The van der Waals surface area contributed by atoms with Crippen molar-refractivity contribution in [3.63, 3.8) is 0 Å². The molecular formula is C22H26N5O3. The van der Waals surface area contributed by atoms with Crippen LogP contribution in [-0.2, 0) is 0 Å². The highest BCUT2D eigenvalue weighted by Gasteiger charge is 2.13. The summed E-state index contributed by atoms with van der Waals surface area (Å²) >= 11 is 0. The average molecular weight is 408 g/mol. The van der Waals surface area contributed by atoms with E-state index in [1.807, 2.05) is 24.3 Å². The van der Waals surface area contributed by atoms with Crippen LogP contribution in [0.1, 0.15) is 16.9 Å². The molecule has 8 heteroatoms. The van der Waals surface area contributed by atoms with Gasteiger partial charge >= 0.3 is 0 Å². The fourth-order valence-electron chi connectivity index (χ4n) is 3.65. The maximum atomic E-state index is 12.3. The number of nitrogens with two attached hydrogens (primary N) is 1. The second-order valence-electron chi connectivity index (χ2n) is 7.67. The van der Waals surface area contributed by atoms with Crippen molar-refractivity contribution in [1.82, 2.24) is 19.8 Å². The second-order valence-corrected chi connectivity index (χ2v) is 7.67. The van der Waals surface area contributed by atoms with Crippen LogP contribution in [0.25, 0.3) is 22.2 Å². The SMILES string of the molecule is CN1CCN(CCCOc2ccc3[nH]c(-c4c[c]c(C(N)=O)[nH]c4=O)cc3c2)CC1. The number of ether oxygens (including phenoxy) is 1. The quantitative estimate of drug-likeness (QED) is 0.513. The van der Waals surface area contributed by atoms with E-state index < -0.39 is 11.5 Å². The minimum atomic E-state index is -0.718. The maximum Gasteiger partial charge on any atom is 0.265 e. The van der Waals surface area contributed by atoms with Crippen molar-refractivity contribution in [3.8, 4) is 17.0 Å². The van der Waals surface area contributed by atoms with Crippen LogP contribution in [0.3, 0.4) is 0 Å². The molecule has 0 spiro atoms. The van der Waals surface area contributed by atoms with Crippen molar-refractivity contribution < 1.29 is 9.53 Å². The molecular weight excluding hydrogens is 382 g/mol. The number of H-pyrrole nitrogens is 2. The molecule has 0 aliphatic carbocycles. The monoisotopic (exact) mass is 408 g/mol. The first-order chi connectivity index (χ1) is 14.5. The first-order valence-corrected chi connectivity index (χ1v) is 10.1. The number of fused-ring (bicyclic) bond motifs is 1. The maximum absolute atomic E-state index is 12.3. The molecule has 30 heavy (non-hydrogen) atoms. The van der Waals surface area contributed by atoms with Gasteiger partial charge in [0.05, 0.1) is 17.9 Å². The number of hydrogen-bond acceptors (Lipinski definition) is 5. The first-order valence-electron chi connectivity index (χ1n) is 10.1. The van der Waals surface area contributed by atoms with E-state index in [1.54, 1.807) is 0 Å². The number of aromatic nitrogens is 2. The molecule has 0 unspecified atom stereocenters. The Morgan fingerprint density at radius 2 is 2.00 bits per heavy atom. The average Bonchev–Trinajstić information content (AvgIpc) is 3.15. The number of aromatic amines is 2. The number of nitrogens with one attached hydrogen (secondary N) is 2. The molecule has 0 bridgehead atoms. The predicted octanol–water partition coefficient (Wildman–Crippen LogP) is 1.44. The second kappa shape index (κ2) is 8.73. The zero-order valence-corrected chi connectivity index (χ0v) is 17.0. The van der Waals surface area contributed by atoms with Gasteiger partial charge in [0.2, 0.25) is 0 Å². The standard InChI is InChI=1S/C22H26N5O3/c1-26-8-10-27(11-9-26)7-2-12-30-16-3-5-18-15(13-16)14-20(24-18)17-4-6-19(21(23)28)25-22(17)29/h3-5,13-14,24H,2,7-12H2,1H3,(H2,23,28)(H,25,29).